The van der Waals surface area contributed by atoms with E-state index in [2.05, 4.69) is 15.2 Å². The van der Waals surface area contributed by atoms with Gasteiger partial charge in [0.05, 0.1) is 16.3 Å². The SMILES string of the molecule is Cc1cc(N2CCCC2)c(F)cc1C=C1SC(=Nc2ccccc2)NC1=O. The van der Waals surface area contributed by atoms with Crippen LogP contribution in [0.1, 0.15) is 24.0 Å². The van der Waals surface area contributed by atoms with Crippen LogP contribution in [0, 0.1) is 12.7 Å². The summed E-state index contributed by atoms with van der Waals surface area (Å²) in [6.07, 6.45) is 3.94. The van der Waals surface area contributed by atoms with E-state index in [9.17, 15) is 9.18 Å². The van der Waals surface area contributed by atoms with Crippen molar-refractivity contribution in [1.29, 1.82) is 0 Å². The molecule has 2 fully saturated rings. The average Bonchev–Trinajstić information content (AvgIpc) is 3.29. The van der Waals surface area contributed by atoms with E-state index in [0.29, 0.717) is 21.3 Å². The van der Waals surface area contributed by atoms with E-state index in [4.69, 9.17) is 0 Å². The minimum atomic E-state index is -0.240. The predicted molar refractivity (Wildman–Crippen MR) is 110 cm³/mol. The first kappa shape index (κ1) is 17.8. The van der Waals surface area contributed by atoms with E-state index in [1.807, 2.05) is 43.3 Å². The molecule has 2 heterocycles. The highest BCUT2D eigenvalue weighted by atomic mass is 32.2. The van der Waals surface area contributed by atoms with Gasteiger partial charge in [-0.25, -0.2) is 9.38 Å². The highest BCUT2D eigenvalue weighted by molar-refractivity contribution is 8.18. The molecule has 0 aliphatic carbocycles. The summed E-state index contributed by atoms with van der Waals surface area (Å²) in [6, 6.07) is 12.9. The molecule has 0 unspecified atom stereocenters. The van der Waals surface area contributed by atoms with Gasteiger partial charge in [-0.3, -0.25) is 4.79 Å². The number of halogens is 1. The number of nitrogens with zero attached hydrogens (tertiary/aromatic N) is 2. The molecule has 2 aliphatic heterocycles. The lowest BCUT2D eigenvalue weighted by Crippen LogP contribution is -2.19. The van der Waals surface area contributed by atoms with Crippen LogP contribution >= 0.6 is 11.8 Å². The number of aryl methyl sites for hydroxylation is 1. The number of nitrogens with one attached hydrogen (secondary N) is 1. The smallest absolute Gasteiger partial charge is 0.264 e. The van der Waals surface area contributed by atoms with Crippen LogP contribution in [0.15, 0.2) is 52.4 Å². The second-order valence-electron chi connectivity index (χ2n) is 6.67. The first-order valence-corrected chi connectivity index (χ1v) is 9.81. The Morgan fingerprint density at radius 2 is 1.93 bits per heavy atom. The topological polar surface area (TPSA) is 44.7 Å². The van der Waals surface area contributed by atoms with Gasteiger partial charge in [-0.2, -0.15) is 0 Å². The predicted octanol–water partition coefficient (Wildman–Crippen LogP) is 4.63. The first-order valence-electron chi connectivity index (χ1n) is 9.00. The Labute approximate surface area is 162 Å². The Kier molecular flexibility index (Phi) is 4.99. The summed E-state index contributed by atoms with van der Waals surface area (Å²) in [7, 11) is 0. The molecule has 4 nitrogen and oxygen atoms in total. The van der Waals surface area contributed by atoms with Gasteiger partial charge in [0.2, 0.25) is 0 Å². The molecule has 2 aliphatic rings. The van der Waals surface area contributed by atoms with Crippen molar-refractivity contribution >= 4 is 40.3 Å². The number of thioether (sulfide) groups is 1. The van der Waals surface area contributed by atoms with Crippen LogP contribution in [0.4, 0.5) is 15.8 Å². The molecule has 1 N–H and O–H groups in total. The summed E-state index contributed by atoms with van der Waals surface area (Å²) >= 11 is 1.27. The van der Waals surface area contributed by atoms with Crippen molar-refractivity contribution in [3.05, 3.63) is 64.3 Å². The molecular formula is C21H20FN3OS. The number of para-hydroxylation sites is 1. The summed E-state index contributed by atoms with van der Waals surface area (Å²) in [5.74, 6) is -0.450. The molecular weight excluding hydrogens is 361 g/mol. The fraction of sp³-hybridized carbons (Fsp3) is 0.238. The number of anilines is 1. The maximum Gasteiger partial charge on any atom is 0.264 e. The molecule has 4 rings (SSSR count). The molecule has 138 valence electrons. The number of amidine groups is 1. The van der Waals surface area contributed by atoms with Crippen LogP contribution < -0.4 is 10.2 Å². The van der Waals surface area contributed by atoms with Crippen molar-refractivity contribution in [2.75, 3.05) is 18.0 Å². The van der Waals surface area contributed by atoms with E-state index >= 15 is 0 Å². The number of hydrogen-bond donors (Lipinski definition) is 1. The van der Waals surface area contributed by atoms with E-state index in [1.165, 1.54) is 17.8 Å². The largest absolute Gasteiger partial charge is 0.369 e. The Morgan fingerprint density at radius 1 is 1.19 bits per heavy atom. The van der Waals surface area contributed by atoms with Crippen molar-refractivity contribution in [2.45, 2.75) is 19.8 Å². The molecule has 0 spiro atoms. The molecule has 2 aromatic carbocycles. The molecule has 0 radical (unpaired) electrons. The third kappa shape index (κ3) is 3.90. The molecule has 2 aromatic rings. The minimum Gasteiger partial charge on any atom is -0.369 e. The van der Waals surface area contributed by atoms with Crippen LogP contribution in [-0.4, -0.2) is 24.2 Å². The van der Waals surface area contributed by atoms with Crippen LogP contribution in [0.3, 0.4) is 0 Å². The second kappa shape index (κ2) is 7.56. The maximum atomic E-state index is 14.6. The van der Waals surface area contributed by atoms with Crippen LogP contribution in [-0.2, 0) is 4.79 Å². The van der Waals surface area contributed by atoms with Gasteiger partial charge in [-0.05, 0) is 73.0 Å². The lowest BCUT2D eigenvalue weighted by Gasteiger charge is -2.19. The number of benzene rings is 2. The Balaban J connectivity index is 1.59. The fourth-order valence-electron chi connectivity index (χ4n) is 3.28. The molecule has 0 saturated carbocycles. The van der Waals surface area contributed by atoms with Crippen molar-refractivity contribution in [3.63, 3.8) is 0 Å². The lowest BCUT2D eigenvalue weighted by molar-refractivity contribution is -0.115. The van der Waals surface area contributed by atoms with Gasteiger partial charge in [-0.1, -0.05) is 18.2 Å². The molecule has 0 bridgehead atoms. The second-order valence-corrected chi connectivity index (χ2v) is 7.70. The van der Waals surface area contributed by atoms with Crippen molar-refractivity contribution < 1.29 is 9.18 Å². The van der Waals surface area contributed by atoms with E-state index in [1.54, 1.807) is 6.08 Å². The van der Waals surface area contributed by atoms with Crippen molar-refractivity contribution in [3.8, 4) is 0 Å². The van der Waals surface area contributed by atoms with Gasteiger partial charge < -0.3 is 10.2 Å². The summed E-state index contributed by atoms with van der Waals surface area (Å²) in [4.78, 5) is 19.3. The minimum absolute atomic E-state index is 0.210. The Morgan fingerprint density at radius 3 is 2.67 bits per heavy atom. The Hall–Kier alpha value is -2.60. The van der Waals surface area contributed by atoms with E-state index in [0.717, 1.165) is 37.2 Å². The first-order chi connectivity index (χ1) is 13.1. The molecule has 0 aromatic heterocycles. The number of aliphatic imine (C=N–C) groups is 1. The molecule has 0 atom stereocenters. The van der Waals surface area contributed by atoms with Gasteiger partial charge >= 0.3 is 0 Å². The number of amides is 1. The number of hydrogen-bond acceptors (Lipinski definition) is 4. The monoisotopic (exact) mass is 381 g/mol. The van der Waals surface area contributed by atoms with Crippen LogP contribution in [0.2, 0.25) is 0 Å². The highest BCUT2D eigenvalue weighted by Gasteiger charge is 2.24. The zero-order valence-electron chi connectivity index (χ0n) is 15.0. The third-order valence-corrected chi connectivity index (χ3v) is 5.62. The summed E-state index contributed by atoms with van der Waals surface area (Å²) in [5.41, 5.74) is 3.10. The van der Waals surface area contributed by atoms with Gasteiger partial charge in [-0.15, -0.1) is 0 Å². The highest BCUT2D eigenvalue weighted by Crippen LogP contribution is 2.31. The molecule has 1 amide bonds. The van der Waals surface area contributed by atoms with Gasteiger partial charge in [0.25, 0.3) is 5.91 Å². The number of rotatable bonds is 3. The maximum absolute atomic E-state index is 14.6. The summed E-state index contributed by atoms with van der Waals surface area (Å²) in [6.45, 7) is 3.74. The normalized spacial score (nSPS) is 19.9. The Bertz CT molecular complexity index is 934. The third-order valence-electron chi connectivity index (χ3n) is 4.71. The van der Waals surface area contributed by atoms with Gasteiger partial charge in [0.1, 0.15) is 5.82 Å². The van der Waals surface area contributed by atoms with Crippen molar-refractivity contribution in [2.24, 2.45) is 4.99 Å². The quantitative estimate of drug-likeness (QED) is 0.789. The summed E-state index contributed by atoms with van der Waals surface area (Å²) < 4.78 is 14.6. The fourth-order valence-corrected chi connectivity index (χ4v) is 4.11. The lowest BCUT2D eigenvalue weighted by atomic mass is 10.1. The average molecular weight is 381 g/mol. The van der Waals surface area contributed by atoms with E-state index in [-0.39, 0.29) is 11.7 Å². The van der Waals surface area contributed by atoms with Crippen LogP contribution in [0.25, 0.3) is 6.08 Å². The van der Waals surface area contributed by atoms with Gasteiger partial charge in [0, 0.05) is 13.1 Å². The zero-order valence-corrected chi connectivity index (χ0v) is 15.9. The zero-order chi connectivity index (χ0) is 18.8. The van der Waals surface area contributed by atoms with Crippen molar-refractivity contribution in [1.82, 2.24) is 5.32 Å². The molecule has 2 saturated heterocycles. The standard InChI is InChI=1S/C21H20FN3OS/c1-14-11-18(25-9-5-6-10-25)17(22)12-15(14)13-19-20(26)24-21(27-19)23-16-7-3-2-4-8-16/h2-4,7-8,11-13H,5-6,9-10H2,1H3,(H,23,24,26). The summed E-state index contributed by atoms with van der Waals surface area (Å²) in [5, 5.41) is 3.30. The van der Waals surface area contributed by atoms with Gasteiger partial charge in [0.15, 0.2) is 5.17 Å². The number of carbonyl (C=O) groups is 1. The van der Waals surface area contributed by atoms with Crippen LogP contribution in [0.5, 0.6) is 0 Å². The van der Waals surface area contributed by atoms with E-state index < -0.39 is 0 Å². The number of carbonyl (C=O) groups excluding carboxylic acids is 1. The molecule has 6 heteroatoms. The molecule has 27 heavy (non-hydrogen) atoms.